The van der Waals surface area contributed by atoms with Crippen LogP contribution in [0.3, 0.4) is 0 Å². The lowest BCUT2D eigenvalue weighted by atomic mass is 9.98. The van der Waals surface area contributed by atoms with Crippen LogP contribution >= 0.6 is 0 Å². The number of fused-ring (bicyclic) bond motifs is 2. The second kappa shape index (κ2) is 3.60. The molecule has 0 aliphatic heterocycles. The third kappa shape index (κ3) is 1.28. The van der Waals surface area contributed by atoms with E-state index >= 15 is 0 Å². The van der Waals surface area contributed by atoms with Gasteiger partial charge >= 0.3 is 0 Å². The van der Waals surface area contributed by atoms with Crippen molar-refractivity contribution in [3.05, 3.63) is 60.2 Å². The molecule has 0 N–H and O–H groups in total. The molecule has 0 heterocycles. The fourth-order valence-electron chi connectivity index (χ4n) is 2.25. The maximum Gasteiger partial charge on any atom is 0.116 e. The molecule has 0 unspecified atom stereocenters. The Kier molecular flexibility index (Phi) is 2.10. The van der Waals surface area contributed by atoms with Gasteiger partial charge in [-0.25, -0.2) is 4.39 Å². The van der Waals surface area contributed by atoms with Gasteiger partial charge in [0, 0.05) is 0 Å². The molecule has 0 saturated carbocycles. The monoisotopic (exact) mass is 210 g/mol. The number of hydrogen-bond acceptors (Lipinski definition) is 0. The summed E-state index contributed by atoms with van der Waals surface area (Å²) in [7, 11) is 0. The van der Waals surface area contributed by atoms with E-state index in [0.29, 0.717) is 0 Å². The molecule has 16 heavy (non-hydrogen) atoms. The third-order valence-electron chi connectivity index (χ3n) is 3.02. The van der Waals surface area contributed by atoms with Gasteiger partial charge in [-0.3, -0.25) is 0 Å². The van der Waals surface area contributed by atoms with Crippen LogP contribution in [0, 0.1) is 0 Å². The molecule has 0 spiro atoms. The van der Waals surface area contributed by atoms with Crippen molar-refractivity contribution in [1.82, 2.24) is 0 Å². The molecule has 78 valence electrons. The fraction of sp³-hybridized carbons (Fsp3) is 0.0667. The van der Waals surface area contributed by atoms with Gasteiger partial charge < -0.3 is 0 Å². The molecule has 3 aromatic rings. The summed E-state index contributed by atoms with van der Waals surface area (Å²) in [5.74, 6) is 0. The highest BCUT2D eigenvalue weighted by Crippen LogP contribution is 2.28. The van der Waals surface area contributed by atoms with E-state index in [1.165, 1.54) is 0 Å². The van der Waals surface area contributed by atoms with Crippen LogP contribution in [-0.4, -0.2) is 0 Å². The average Bonchev–Trinajstić information content (AvgIpc) is 2.36. The fourth-order valence-corrected chi connectivity index (χ4v) is 2.25. The highest BCUT2D eigenvalue weighted by Gasteiger charge is 2.05. The maximum atomic E-state index is 13.2. The van der Waals surface area contributed by atoms with Gasteiger partial charge in [-0.2, -0.15) is 0 Å². The molecular formula is C15H11F. The normalized spacial score (nSPS) is 11.1. The van der Waals surface area contributed by atoms with Crippen LogP contribution in [0.15, 0.2) is 54.6 Å². The molecule has 0 nitrogen and oxygen atoms in total. The van der Waals surface area contributed by atoms with Crippen LogP contribution in [-0.2, 0) is 6.67 Å². The number of alkyl halides is 1. The van der Waals surface area contributed by atoms with E-state index in [0.717, 1.165) is 27.1 Å². The van der Waals surface area contributed by atoms with Crippen LogP contribution in [0.1, 0.15) is 5.56 Å². The molecule has 0 saturated heterocycles. The van der Waals surface area contributed by atoms with E-state index in [9.17, 15) is 4.39 Å². The zero-order chi connectivity index (χ0) is 11.0. The van der Waals surface area contributed by atoms with Crippen molar-refractivity contribution >= 4 is 21.5 Å². The first kappa shape index (κ1) is 9.34. The number of halogens is 1. The Morgan fingerprint density at radius 1 is 0.750 bits per heavy atom. The molecule has 0 aliphatic rings. The predicted octanol–water partition coefficient (Wildman–Crippen LogP) is 4.46. The second-order valence-electron chi connectivity index (χ2n) is 3.93. The minimum Gasteiger partial charge on any atom is -0.246 e. The quantitative estimate of drug-likeness (QED) is 0.520. The van der Waals surface area contributed by atoms with Gasteiger partial charge in [0.1, 0.15) is 6.67 Å². The number of benzene rings is 3. The molecule has 0 radical (unpaired) electrons. The van der Waals surface area contributed by atoms with Gasteiger partial charge in [0.15, 0.2) is 0 Å². The molecule has 0 aliphatic carbocycles. The van der Waals surface area contributed by atoms with Crippen molar-refractivity contribution in [1.29, 1.82) is 0 Å². The van der Waals surface area contributed by atoms with Crippen molar-refractivity contribution in [2.45, 2.75) is 6.67 Å². The summed E-state index contributed by atoms with van der Waals surface area (Å²) in [4.78, 5) is 0. The lowest BCUT2D eigenvalue weighted by molar-refractivity contribution is 0.490. The highest BCUT2D eigenvalue weighted by molar-refractivity contribution is 6.02. The zero-order valence-electron chi connectivity index (χ0n) is 8.78. The topological polar surface area (TPSA) is 0 Å². The molecular weight excluding hydrogens is 199 g/mol. The van der Waals surface area contributed by atoms with E-state index in [2.05, 4.69) is 6.07 Å². The Labute approximate surface area is 93.3 Å². The van der Waals surface area contributed by atoms with Crippen LogP contribution in [0.2, 0.25) is 0 Å². The number of hydrogen-bond donors (Lipinski definition) is 0. The Morgan fingerprint density at radius 2 is 1.25 bits per heavy atom. The first-order valence-electron chi connectivity index (χ1n) is 5.35. The summed E-state index contributed by atoms with van der Waals surface area (Å²) in [5, 5.41) is 4.25. The highest BCUT2D eigenvalue weighted by atomic mass is 19.1. The lowest BCUT2D eigenvalue weighted by Gasteiger charge is -2.08. The summed E-state index contributed by atoms with van der Waals surface area (Å²) >= 11 is 0. The molecule has 3 rings (SSSR count). The van der Waals surface area contributed by atoms with Crippen LogP contribution in [0.4, 0.5) is 4.39 Å². The minimum absolute atomic E-state index is 0.415. The maximum absolute atomic E-state index is 13.2. The molecule has 1 heteroatoms. The van der Waals surface area contributed by atoms with Crippen LogP contribution in [0.25, 0.3) is 21.5 Å². The first-order valence-corrected chi connectivity index (χ1v) is 5.35. The minimum atomic E-state index is -0.415. The van der Waals surface area contributed by atoms with Crippen LogP contribution in [0.5, 0.6) is 0 Å². The van der Waals surface area contributed by atoms with Crippen molar-refractivity contribution in [3.8, 4) is 0 Å². The van der Waals surface area contributed by atoms with E-state index in [1.807, 2.05) is 48.5 Å². The largest absolute Gasteiger partial charge is 0.246 e. The summed E-state index contributed by atoms with van der Waals surface area (Å²) < 4.78 is 13.2. The summed E-state index contributed by atoms with van der Waals surface area (Å²) in [6, 6.07) is 18.0. The van der Waals surface area contributed by atoms with E-state index in [-0.39, 0.29) is 0 Å². The van der Waals surface area contributed by atoms with Gasteiger partial charge in [-0.15, -0.1) is 0 Å². The van der Waals surface area contributed by atoms with Gasteiger partial charge in [0.05, 0.1) is 0 Å². The van der Waals surface area contributed by atoms with E-state index < -0.39 is 6.67 Å². The predicted molar refractivity (Wildman–Crippen MR) is 66.3 cm³/mol. The summed E-state index contributed by atoms with van der Waals surface area (Å²) in [6.45, 7) is -0.415. The summed E-state index contributed by atoms with van der Waals surface area (Å²) in [5.41, 5.74) is 0.800. The third-order valence-corrected chi connectivity index (χ3v) is 3.02. The van der Waals surface area contributed by atoms with Crippen molar-refractivity contribution in [2.24, 2.45) is 0 Å². The second-order valence-corrected chi connectivity index (χ2v) is 3.93. The molecule has 3 aromatic carbocycles. The van der Waals surface area contributed by atoms with Gasteiger partial charge in [-0.05, 0) is 33.2 Å². The van der Waals surface area contributed by atoms with Gasteiger partial charge in [-0.1, -0.05) is 48.5 Å². The van der Waals surface area contributed by atoms with Crippen molar-refractivity contribution in [3.63, 3.8) is 0 Å². The summed E-state index contributed by atoms with van der Waals surface area (Å²) in [6.07, 6.45) is 0. The van der Waals surface area contributed by atoms with Crippen molar-refractivity contribution < 1.29 is 4.39 Å². The zero-order valence-corrected chi connectivity index (χ0v) is 8.78. The molecule has 0 bridgehead atoms. The first-order chi connectivity index (χ1) is 7.90. The smallest absolute Gasteiger partial charge is 0.116 e. The SMILES string of the molecule is FCc1c2ccccc2cc2ccccc12. The number of rotatable bonds is 1. The molecule has 0 amide bonds. The Morgan fingerprint density at radius 3 is 1.75 bits per heavy atom. The molecule has 0 aromatic heterocycles. The van der Waals surface area contributed by atoms with E-state index in [4.69, 9.17) is 0 Å². The lowest BCUT2D eigenvalue weighted by Crippen LogP contribution is -1.86. The Bertz CT molecular complexity index is 602. The van der Waals surface area contributed by atoms with Gasteiger partial charge in [0.2, 0.25) is 0 Å². The van der Waals surface area contributed by atoms with Crippen LogP contribution < -0.4 is 0 Å². The average molecular weight is 210 g/mol. The molecule has 0 fully saturated rings. The Balaban J connectivity index is 2.56. The van der Waals surface area contributed by atoms with Crippen molar-refractivity contribution in [2.75, 3.05) is 0 Å². The van der Waals surface area contributed by atoms with Gasteiger partial charge in [0.25, 0.3) is 0 Å². The standard InChI is InChI=1S/C15H11F/c16-10-15-13-7-3-1-5-11(13)9-12-6-2-4-8-14(12)15/h1-9H,10H2. The van der Waals surface area contributed by atoms with E-state index in [1.54, 1.807) is 0 Å². The molecule has 0 atom stereocenters. The Hall–Kier alpha value is -1.89.